The molecule has 1 aliphatic carbocycles. The average molecular weight is 205 g/mol. The lowest BCUT2D eigenvalue weighted by atomic mass is 10.3. The molecule has 0 atom stereocenters. The zero-order valence-electron chi connectivity index (χ0n) is 8.86. The molecule has 0 aromatic carbocycles. The molecule has 15 heavy (non-hydrogen) atoms. The molecule has 1 saturated carbocycles. The van der Waals surface area contributed by atoms with Crippen LogP contribution in [0.5, 0.6) is 0 Å². The van der Waals surface area contributed by atoms with Gasteiger partial charge in [-0.2, -0.15) is 5.10 Å². The third-order valence-electron chi connectivity index (χ3n) is 2.57. The summed E-state index contributed by atoms with van der Waals surface area (Å²) >= 11 is 0. The van der Waals surface area contributed by atoms with Crippen LogP contribution in [0, 0.1) is 12.8 Å². The average Bonchev–Trinajstić information content (AvgIpc) is 3.02. The maximum atomic E-state index is 11.5. The molecular formula is C11H15N3O. The molecule has 4 heteroatoms. The number of nitrogens with zero attached hydrogens (tertiary/aromatic N) is 2. The van der Waals surface area contributed by atoms with Gasteiger partial charge in [-0.3, -0.25) is 4.79 Å². The van der Waals surface area contributed by atoms with Gasteiger partial charge in [0.25, 0.3) is 5.91 Å². The standard InChI is InChI=1S/C11H15N3O/c1-8-2-5-10(14-13-8)11(15)12-7-6-9-3-4-9/h2,5,9H,3-4,6-7H2,1H3,(H,12,15). The van der Waals surface area contributed by atoms with Gasteiger partial charge in [-0.15, -0.1) is 5.10 Å². The van der Waals surface area contributed by atoms with Crippen LogP contribution in [0.3, 0.4) is 0 Å². The Kier molecular flexibility index (Phi) is 2.94. The van der Waals surface area contributed by atoms with E-state index in [0.29, 0.717) is 5.69 Å². The van der Waals surface area contributed by atoms with Crippen LogP contribution in [0.25, 0.3) is 0 Å². The Morgan fingerprint density at radius 1 is 1.47 bits per heavy atom. The summed E-state index contributed by atoms with van der Waals surface area (Å²) in [5, 5.41) is 10.5. The molecule has 0 aliphatic heterocycles. The molecule has 0 radical (unpaired) electrons. The normalized spacial score (nSPS) is 15.0. The van der Waals surface area contributed by atoms with Gasteiger partial charge < -0.3 is 5.32 Å². The van der Waals surface area contributed by atoms with E-state index in [1.807, 2.05) is 6.92 Å². The fourth-order valence-corrected chi connectivity index (χ4v) is 1.41. The maximum absolute atomic E-state index is 11.5. The van der Waals surface area contributed by atoms with Gasteiger partial charge in [-0.1, -0.05) is 12.8 Å². The molecule has 1 heterocycles. The first-order valence-corrected chi connectivity index (χ1v) is 5.34. The van der Waals surface area contributed by atoms with Crippen molar-refractivity contribution in [3.8, 4) is 0 Å². The smallest absolute Gasteiger partial charge is 0.271 e. The van der Waals surface area contributed by atoms with Crippen molar-refractivity contribution in [2.24, 2.45) is 5.92 Å². The molecular weight excluding hydrogens is 190 g/mol. The van der Waals surface area contributed by atoms with E-state index in [4.69, 9.17) is 0 Å². The Labute approximate surface area is 89.1 Å². The number of carbonyl (C=O) groups is 1. The van der Waals surface area contributed by atoms with E-state index in [2.05, 4.69) is 15.5 Å². The number of aryl methyl sites for hydroxylation is 1. The zero-order valence-corrected chi connectivity index (χ0v) is 8.86. The zero-order chi connectivity index (χ0) is 10.7. The van der Waals surface area contributed by atoms with Gasteiger partial charge in [-0.25, -0.2) is 0 Å². The molecule has 2 rings (SSSR count). The number of aromatic nitrogens is 2. The number of rotatable bonds is 4. The molecule has 1 aromatic rings. The second-order valence-electron chi connectivity index (χ2n) is 4.05. The highest BCUT2D eigenvalue weighted by atomic mass is 16.1. The van der Waals surface area contributed by atoms with Crippen LogP contribution in [-0.4, -0.2) is 22.6 Å². The Bertz CT molecular complexity index is 343. The monoisotopic (exact) mass is 205 g/mol. The summed E-state index contributed by atoms with van der Waals surface area (Å²) < 4.78 is 0. The van der Waals surface area contributed by atoms with Crippen LogP contribution in [-0.2, 0) is 0 Å². The first-order valence-electron chi connectivity index (χ1n) is 5.34. The predicted molar refractivity (Wildman–Crippen MR) is 56.4 cm³/mol. The topological polar surface area (TPSA) is 54.9 Å². The fourth-order valence-electron chi connectivity index (χ4n) is 1.41. The van der Waals surface area contributed by atoms with Crippen molar-refractivity contribution < 1.29 is 4.79 Å². The summed E-state index contributed by atoms with van der Waals surface area (Å²) in [5.74, 6) is 0.720. The predicted octanol–water partition coefficient (Wildman–Crippen LogP) is 1.31. The van der Waals surface area contributed by atoms with Gasteiger partial charge in [0.15, 0.2) is 5.69 Å². The van der Waals surface area contributed by atoms with Gasteiger partial charge >= 0.3 is 0 Å². The van der Waals surface area contributed by atoms with Crippen LogP contribution >= 0.6 is 0 Å². The minimum absolute atomic E-state index is 0.122. The van der Waals surface area contributed by atoms with Crippen molar-refractivity contribution in [1.29, 1.82) is 0 Å². The molecule has 4 nitrogen and oxygen atoms in total. The first-order chi connectivity index (χ1) is 7.25. The van der Waals surface area contributed by atoms with Crippen LogP contribution < -0.4 is 5.32 Å². The van der Waals surface area contributed by atoms with E-state index < -0.39 is 0 Å². The Morgan fingerprint density at radius 3 is 2.87 bits per heavy atom. The fraction of sp³-hybridized carbons (Fsp3) is 0.545. The molecule has 1 N–H and O–H groups in total. The van der Waals surface area contributed by atoms with Crippen molar-refractivity contribution in [3.05, 3.63) is 23.5 Å². The van der Waals surface area contributed by atoms with Gasteiger partial charge in [0.2, 0.25) is 0 Å². The van der Waals surface area contributed by atoms with E-state index in [1.54, 1.807) is 12.1 Å². The highest BCUT2D eigenvalue weighted by molar-refractivity contribution is 5.91. The van der Waals surface area contributed by atoms with Crippen molar-refractivity contribution in [3.63, 3.8) is 0 Å². The molecule has 1 aromatic heterocycles. The third kappa shape index (κ3) is 3.01. The van der Waals surface area contributed by atoms with Crippen molar-refractivity contribution in [2.45, 2.75) is 26.2 Å². The summed E-state index contributed by atoms with van der Waals surface area (Å²) in [6.45, 7) is 2.60. The lowest BCUT2D eigenvalue weighted by Crippen LogP contribution is -2.25. The summed E-state index contributed by atoms with van der Waals surface area (Å²) in [6, 6.07) is 3.50. The Balaban J connectivity index is 1.81. The molecule has 1 fully saturated rings. The summed E-state index contributed by atoms with van der Waals surface area (Å²) in [6.07, 6.45) is 3.73. The Hall–Kier alpha value is -1.45. The highest BCUT2D eigenvalue weighted by Crippen LogP contribution is 2.31. The summed E-state index contributed by atoms with van der Waals surface area (Å²) in [5.41, 5.74) is 1.22. The summed E-state index contributed by atoms with van der Waals surface area (Å²) in [4.78, 5) is 11.5. The second kappa shape index (κ2) is 4.38. The van der Waals surface area contributed by atoms with Gasteiger partial charge in [0, 0.05) is 6.54 Å². The highest BCUT2D eigenvalue weighted by Gasteiger charge is 2.20. The minimum atomic E-state index is -0.122. The largest absolute Gasteiger partial charge is 0.351 e. The SMILES string of the molecule is Cc1ccc(C(=O)NCCC2CC2)nn1. The van der Waals surface area contributed by atoms with Crippen molar-refractivity contribution in [2.75, 3.05) is 6.54 Å². The number of hydrogen-bond donors (Lipinski definition) is 1. The van der Waals surface area contributed by atoms with Gasteiger partial charge in [0.1, 0.15) is 0 Å². The van der Waals surface area contributed by atoms with Crippen LogP contribution in [0.1, 0.15) is 35.4 Å². The van der Waals surface area contributed by atoms with Crippen LogP contribution in [0.2, 0.25) is 0 Å². The van der Waals surface area contributed by atoms with E-state index in [0.717, 1.165) is 24.6 Å². The lowest BCUT2D eigenvalue weighted by molar-refractivity contribution is 0.0946. The van der Waals surface area contributed by atoms with E-state index in [9.17, 15) is 4.79 Å². The van der Waals surface area contributed by atoms with Crippen LogP contribution in [0.4, 0.5) is 0 Å². The Morgan fingerprint density at radius 2 is 2.27 bits per heavy atom. The number of hydrogen-bond acceptors (Lipinski definition) is 3. The third-order valence-corrected chi connectivity index (χ3v) is 2.57. The summed E-state index contributed by atoms with van der Waals surface area (Å²) in [7, 11) is 0. The number of nitrogens with one attached hydrogen (secondary N) is 1. The van der Waals surface area contributed by atoms with E-state index in [-0.39, 0.29) is 5.91 Å². The molecule has 1 aliphatic rings. The maximum Gasteiger partial charge on any atom is 0.271 e. The van der Waals surface area contributed by atoms with Gasteiger partial charge in [-0.05, 0) is 31.4 Å². The molecule has 80 valence electrons. The quantitative estimate of drug-likeness (QED) is 0.806. The molecule has 1 amide bonds. The minimum Gasteiger partial charge on any atom is -0.351 e. The number of amides is 1. The van der Waals surface area contributed by atoms with E-state index >= 15 is 0 Å². The molecule has 0 unspecified atom stereocenters. The number of carbonyl (C=O) groups excluding carboxylic acids is 1. The first kappa shape index (κ1) is 10.1. The van der Waals surface area contributed by atoms with Crippen molar-refractivity contribution >= 4 is 5.91 Å². The molecule has 0 bridgehead atoms. The van der Waals surface area contributed by atoms with Crippen molar-refractivity contribution in [1.82, 2.24) is 15.5 Å². The second-order valence-corrected chi connectivity index (χ2v) is 4.05. The van der Waals surface area contributed by atoms with Gasteiger partial charge in [0.05, 0.1) is 5.69 Å². The molecule has 0 saturated heterocycles. The lowest BCUT2D eigenvalue weighted by Gasteiger charge is -2.02. The van der Waals surface area contributed by atoms with Crippen LogP contribution in [0.15, 0.2) is 12.1 Å². The molecule has 0 spiro atoms. The van der Waals surface area contributed by atoms with E-state index in [1.165, 1.54) is 12.8 Å².